The van der Waals surface area contributed by atoms with Crippen molar-refractivity contribution in [3.8, 4) is 0 Å². The third-order valence-corrected chi connectivity index (χ3v) is 6.43. The Morgan fingerprint density at radius 3 is 2.35 bits per heavy atom. The lowest BCUT2D eigenvalue weighted by Crippen LogP contribution is -2.48. The molecule has 1 aromatic carbocycles. The van der Waals surface area contributed by atoms with Crippen LogP contribution in [0.5, 0.6) is 0 Å². The van der Waals surface area contributed by atoms with Crippen LogP contribution >= 0.6 is 0 Å². The van der Waals surface area contributed by atoms with E-state index in [1.54, 1.807) is 42.4 Å². The van der Waals surface area contributed by atoms with Crippen LogP contribution in [0.4, 0.5) is 0 Å². The lowest BCUT2D eigenvalue weighted by atomic mass is 10.1. The average molecular weight is 373 g/mol. The van der Waals surface area contributed by atoms with Crippen LogP contribution in [0.3, 0.4) is 0 Å². The molecule has 0 spiro atoms. The second-order valence-electron chi connectivity index (χ2n) is 6.32. The number of hydrogen-bond donors (Lipinski definition) is 0. The van der Waals surface area contributed by atoms with E-state index in [-0.39, 0.29) is 22.1 Å². The zero-order valence-corrected chi connectivity index (χ0v) is 15.7. The third-order valence-electron chi connectivity index (χ3n) is 4.65. The van der Waals surface area contributed by atoms with Crippen molar-refractivity contribution in [2.24, 2.45) is 0 Å². The molecule has 0 aliphatic carbocycles. The second kappa shape index (κ2) is 7.97. The molecule has 0 unspecified atom stereocenters. The summed E-state index contributed by atoms with van der Waals surface area (Å²) in [7, 11) is -3.43. The SMILES string of the molecule is CCS(=O)(=O)c1ccccc1C(=O)N1CCN(Cc2ccncc2)CC1. The third kappa shape index (κ3) is 4.11. The number of carbonyl (C=O) groups excluding carboxylic acids is 1. The molecule has 2 heterocycles. The molecule has 3 rings (SSSR count). The van der Waals surface area contributed by atoms with E-state index in [2.05, 4.69) is 9.88 Å². The van der Waals surface area contributed by atoms with Crippen LogP contribution in [-0.2, 0) is 16.4 Å². The summed E-state index contributed by atoms with van der Waals surface area (Å²) in [4.78, 5) is 21.1. The topological polar surface area (TPSA) is 70.6 Å². The van der Waals surface area contributed by atoms with Crippen LogP contribution in [0.2, 0.25) is 0 Å². The minimum Gasteiger partial charge on any atom is -0.336 e. The molecule has 2 aromatic rings. The quantitative estimate of drug-likeness (QED) is 0.800. The largest absolute Gasteiger partial charge is 0.336 e. The van der Waals surface area contributed by atoms with Gasteiger partial charge in [-0.25, -0.2) is 8.42 Å². The Kier molecular flexibility index (Phi) is 5.68. The Bertz CT molecular complexity index is 861. The van der Waals surface area contributed by atoms with Crippen molar-refractivity contribution in [2.75, 3.05) is 31.9 Å². The van der Waals surface area contributed by atoms with Crippen molar-refractivity contribution >= 4 is 15.7 Å². The number of benzene rings is 1. The van der Waals surface area contributed by atoms with Gasteiger partial charge in [0.05, 0.1) is 16.2 Å². The molecule has 0 N–H and O–H groups in total. The lowest BCUT2D eigenvalue weighted by Gasteiger charge is -2.35. The highest BCUT2D eigenvalue weighted by Crippen LogP contribution is 2.20. The lowest BCUT2D eigenvalue weighted by molar-refractivity contribution is 0.0624. The maximum atomic E-state index is 12.9. The van der Waals surface area contributed by atoms with Crippen LogP contribution in [0.1, 0.15) is 22.8 Å². The van der Waals surface area contributed by atoms with Gasteiger partial charge in [-0.1, -0.05) is 19.1 Å². The number of rotatable bonds is 5. The van der Waals surface area contributed by atoms with Gasteiger partial charge in [-0.3, -0.25) is 14.7 Å². The molecule has 26 heavy (non-hydrogen) atoms. The molecule has 0 atom stereocenters. The smallest absolute Gasteiger partial charge is 0.255 e. The van der Waals surface area contributed by atoms with Crippen LogP contribution in [0, 0.1) is 0 Å². The molecule has 1 fully saturated rings. The van der Waals surface area contributed by atoms with E-state index in [0.717, 1.165) is 19.6 Å². The van der Waals surface area contributed by atoms with Gasteiger partial charge in [0.2, 0.25) is 0 Å². The molecular formula is C19H23N3O3S. The van der Waals surface area contributed by atoms with Crippen LogP contribution in [0.25, 0.3) is 0 Å². The number of hydrogen-bond acceptors (Lipinski definition) is 5. The Morgan fingerprint density at radius 1 is 1.04 bits per heavy atom. The molecule has 1 aliphatic rings. The summed E-state index contributed by atoms with van der Waals surface area (Å²) < 4.78 is 24.6. The van der Waals surface area contributed by atoms with Gasteiger partial charge in [0.15, 0.2) is 9.84 Å². The van der Waals surface area contributed by atoms with Crippen molar-refractivity contribution in [1.29, 1.82) is 0 Å². The first-order valence-electron chi connectivity index (χ1n) is 8.73. The first-order chi connectivity index (χ1) is 12.5. The standard InChI is InChI=1S/C19H23N3O3S/c1-2-26(24,25)18-6-4-3-5-17(18)19(23)22-13-11-21(12-14-22)15-16-7-9-20-10-8-16/h3-10H,2,11-15H2,1H3. The number of amides is 1. The molecule has 0 radical (unpaired) electrons. The van der Waals surface area contributed by atoms with E-state index in [1.807, 2.05) is 12.1 Å². The molecule has 1 aromatic heterocycles. The summed E-state index contributed by atoms with van der Waals surface area (Å²) in [5.74, 6) is -0.224. The highest BCUT2D eigenvalue weighted by Gasteiger charge is 2.26. The number of aromatic nitrogens is 1. The summed E-state index contributed by atoms with van der Waals surface area (Å²) in [6.45, 7) is 5.11. The van der Waals surface area contributed by atoms with Crippen LogP contribution < -0.4 is 0 Å². The normalized spacial score (nSPS) is 15.8. The number of nitrogens with zero attached hydrogens (tertiary/aromatic N) is 3. The fraction of sp³-hybridized carbons (Fsp3) is 0.368. The highest BCUT2D eigenvalue weighted by atomic mass is 32.2. The Morgan fingerprint density at radius 2 is 1.69 bits per heavy atom. The molecule has 6 nitrogen and oxygen atoms in total. The Hall–Kier alpha value is -2.25. The maximum absolute atomic E-state index is 12.9. The Labute approximate surface area is 154 Å². The first kappa shape index (κ1) is 18.5. The van der Waals surface area contributed by atoms with Crippen molar-refractivity contribution in [3.05, 3.63) is 59.9 Å². The van der Waals surface area contributed by atoms with Crippen molar-refractivity contribution in [2.45, 2.75) is 18.4 Å². The predicted molar refractivity (Wildman–Crippen MR) is 99.6 cm³/mol. The number of carbonyl (C=O) groups is 1. The van der Waals surface area contributed by atoms with E-state index in [0.29, 0.717) is 13.1 Å². The van der Waals surface area contributed by atoms with E-state index in [9.17, 15) is 13.2 Å². The zero-order chi connectivity index (χ0) is 18.6. The number of pyridine rings is 1. The fourth-order valence-corrected chi connectivity index (χ4v) is 4.18. The minimum atomic E-state index is -3.43. The molecule has 1 aliphatic heterocycles. The molecule has 1 saturated heterocycles. The molecule has 7 heteroatoms. The zero-order valence-electron chi connectivity index (χ0n) is 14.8. The van der Waals surface area contributed by atoms with Gasteiger partial charge in [0, 0.05) is 45.1 Å². The minimum absolute atomic E-state index is 0.0169. The fourth-order valence-electron chi connectivity index (χ4n) is 3.10. The van der Waals surface area contributed by atoms with E-state index in [4.69, 9.17) is 0 Å². The van der Waals surface area contributed by atoms with Gasteiger partial charge < -0.3 is 4.90 Å². The van der Waals surface area contributed by atoms with Gasteiger partial charge >= 0.3 is 0 Å². The monoisotopic (exact) mass is 373 g/mol. The predicted octanol–water partition coefficient (Wildman–Crippen LogP) is 1.83. The van der Waals surface area contributed by atoms with Crippen molar-refractivity contribution in [1.82, 2.24) is 14.8 Å². The number of piperazine rings is 1. The molecular weight excluding hydrogens is 350 g/mol. The summed E-state index contributed by atoms with van der Waals surface area (Å²) in [5, 5.41) is 0. The summed E-state index contributed by atoms with van der Waals surface area (Å²) in [5.41, 5.74) is 1.47. The van der Waals surface area contributed by atoms with E-state index in [1.165, 1.54) is 11.6 Å². The highest BCUT2D eigenvalue weighted by molar-refractivity contribution is 7.91. The molecule has 1 amide bonds. The van der Waals surface area contributed by atoms with Crippen LogP contribution in [-0.4, -0.2) is 61.0 Å². The van der Waals surface area contributed by atoms with Gasteiger partial charge in [0.1, 0.15) is 0 Å². The molecule has 0 bridgehead atoms. The first-order valence-corrected chi connectivity index (χ1v) is 10.4. The van der Waals surface area contributed by atoms with Crippen molar-refractivity contribution < 1.29 is 13.2 Å². The molecule has 0 saturated carbocycles. The molecule has 138 valence electrons. The van der Waals surface area contributed by atoms with Gasteiger partial charge in [-0.05, 0) is 29.8 Å². The van der Waals surface area contributed by atoms with E-state index < -0.39 is 9.84 Å². The van der Waals surface area contributed by atoms with Crippen LogP contribution in [0.15, 0.2) is 53.7 Å². The van der Waals surface area contributed by atoms with Gasteiger partial charge in [-0.15, -0.1) is 0 Å². The summed E-state index contributed by atoms with van der Waals surface area (Å²) >= 11 is 0. The van der Waals surface area contributed by atoms with Gasteiger partial charge in [-0.2, -0.15) is 0 Å². The second-order valence-corrected chi connectivity index (χ2v) is 8.57. The number of sulfone groups is 1. The van der Waals surface area contributed by atoms with E-state index >= 15 is 0 Å². The maximum Gasteiger partial charge on any atom is 0.255 e. The summed E-state index contributed by atoms with van der Waals surface area (Å²) in [6, 6.07) is 10.5. The Balaban J connectivity index is 1.68. The van der Waals surface area contributed by atoms with Gasteiger partial charge in [0.25, 0.3) is 5.91 Å². The summed E-state index contributed by atoms with van der Waals surface area (Å²) in [6.07, 6.45) is 3.56. The van der Waals surface area contributed by atoms with Crippen molar-refractivity contribution in [3.63, 3.8) is 0 Å². The average Bonchev–Trinajstić information content (AvgIpc) is 2.69.